The molecule has 3 aromatic rings. The average molecular weight is 267 g/mol. The van der Waals surface area contributed by atoms with Crippen molar-refractivity contribution in [3.8, 4) is 11.3 Å². The van der Waals surface area contributed by atoms with Gasteiger partial charge in [0.05, 0.1) is 17.5 Å². The molecule has 2 aromatic heterocycles. The van der Waals surface area contributed by atoms with Gasteiger partial charge in [0, 0.05) is 22.7 Å². The van der Waals surface area contributed by atoms with Crippen LogP contribution in [0.1, 0.15) is 12.5 Å². The van der Waals surface area contributed by atoms with Crippen LogP contribution in [0.15, 0.2) is 42.9 Å². The second kappa shape index (κ2) is 4.90. The highest BCUT2D eigenvalue weighted by atomic mass is 32.1. The lowest BCUT2D eigenvalue weighted by molar-refractivity contribution is 1.04. The van der Waals surface area contributed by atoms with Crippen LogP contribution in [0.4, 0.5) is 0 Å². The van der Waals surface area contributed by atoms with E-state index in [2.05, 4.69) is 46.1 Å². The fourth-order valence-corrected chi connectivity index (χ4v) is 2.53. The van der Waals surface area contributed by atoms with Crippen molar-refractivity contribution in [2.75, 3.05) is 0 Å². The first kappa shape index (κ1) is 12.0. The molecule has 0 bridgehead atoms. The Morgan fingerprint density at radius 2 is 2.11 bits per heavy atom. The number of aromatic amines is 1. The number of aromatic nitrogens is 3. The summed E-state index contributed by atoms with van der Waals surface area (Å²) in [4.78, 5) is 11.7. The van der Waals surface area contributed by atoms with Crippen LogP contribution in [0.5, 0.6) is 0 Å². The second-order valence-electron chi connectivity index (χ2n) is 4.33. The fraction of sp³-hybridized carbons (Fsp3) is 0.133. The molecule has 0 aliphatic carbocycles. The van der Waals surface area contributed by atoms with Gasteiger partial charge >= 0.3 is 0 Å². The Kier molecular flexibility index (Phi) is 3.09. The van der Waals surface area contributed by atoms with E-state index in [-0.39, 0.29) is 0 Å². The number of pyridine rings is 1. The van der Waals surface area contributed by atoms with E-state index >= 15 is 0 Å². The molecule has 0 spiro atoms. The predicted octanol–water partition coefficient (Wildman–Crippen LogP) is 3.92. The van der Waals surface area contributed by atoms with Gasteiger partial charge in [-0.2, -0.15) is 0 Å². The molecule has 19 heavy (non-hydrogen) atoms. The zero-order valence-electron chi connectivity index (χ0n) is 10.6. The summed E-state index contributed by atoms with van der Waals surface area (Å²) in [6.45, 7) is 2.09. The summed E-state index contributed by atoms with van der Waals surface area (Å²) in [6, 6.07) is 10.2. The van der Waals surface area contributed by atoms with Gasteiger partial charge in [-0.25, -0.2) is 4.98 Å². The van der Waals surface area contributed by atoms with Crippen molar-refractivity contribution in [2.24, 2.45) is 0 Å². The number of fused-ring (bicyclic) bond motifs is 1. The first-order valence-electron chi connectivity index (χ1n) is 6.21. The molecule has 0 aliphatic rings. The van der Waals surface area contributed by atoms with E-state index in [9.17, 15) is 0 Å². The van der Waals surface area contributed by atoms with Crippen LogP contribution in [0, 0.1) is 4.64 Å². The first-order valence-corrected chi connectivity index (χ1v) is 6.62. The molecule has 0 aliphatic heterocycles. The highest BCUT2D eigenvalue weighted by Gasteiger charge is 2.07. The number of H-pyrrole nitrogens is 1. The lowest BCUT2D eigenvalue weighted by Gasteiger charge is -2.08. The third-order valence-electron chi connectivity index (χ3n) is 3.20. The van der Waals surface area contributed by atoms with Gasteiger partial charge in [-0.05, 0) is 18.6 Å². The van der Waals surface area contributed by atoms with Crippen molar-refractivity contribution in [3.05, 3.63) is 53.1 Å². The topological polar surface area (TPSA) is 41.6 Å². The van der Waals surface area contributed by atoms with Crippen LogP contribution in [-0.2, 0) is 6.42 Å². The molecule has 94 valence electrons. The molecule has 0 saturated heterocycles. The molecule has 0 unspecified atom stereocenters. The average Bonchev–Trinajstić information content (AvgIpc) is 2.46. The quantitative estimate of drug-likeness (QED) is 0.716. The third kappa shape index (κ3) is 2.15. The summed E-state index contributed by atoms with van der Waals surface area (Å²) in [7, 11) is 0. The lowest BCUT2D eigenvalue weighted by atomic mass is 10.0. The van der Waals surface area contributed by atoms with Crippen molar-refractivity contribution in [1.82, 2.24) is 15.0 Å². The summed E-state index contributed by atoms with van der Waals surface area (Å²) in [5.41, 5.74) is 4.19. The van der Waals surface area contributed by atoms with Crippen LogP contribution in [0.25, 0.3) is 22.2 Å². The van der Waals surface area contributed by atoms with E-state index in [4.69, 9.17) is 12.2 Å². The highest BCUT2D eigenvalue weighted by Crippen LogP contribution is 2.25. The second-order valence-corrected chi connectivity index (χ2v) is 4.71. The number of hydrogen-bond donors (Lipinski definition) is 1. The van der Waals surface area contributed by atoms with Crippen molar-refractivity contribution in [1.29, 1.82) is 0 Å². The number of hydrogen-bond acceptors (Lipinski definition) is 3. The molecule has 0 amide bonds. The Bertz CT molecular complexity index is 792. The van der Waals surface area contributed by atoms with Crippen LogP contribution >= 0.6 is 12.2 Å². The molecule has 0 atom stereocenters. The maximum absolute atomic E-state index is 5.29. The number of nitrogens with zero attached hydrogens (tertiary/aromatic N) is 2. The molecule has 0 saturated carbocycles. The van der Waals surface area contributed by atoms with Crippen LogP contribution in [0.3, 0.4) is 0 Å². The molecular weight excluding hydrogens is 254 g/mol. The largest absolute Gasteiger partial charge is 0.346 e. The highest BCUT2D eigenvalue weighted by molar-refractivity contribution is 7.71. The van der Waals surface area contributed by atoms with Gasteiger partial charge in [0.25, 0.3) is 0 Å². The van der Waals surface area contributed by atoms with E-state index in [1.54, 1.807) is 6.33 Å². The van der Waals surface area contributed by atoms with Crippen molar-refractivity contribution < 1.29 is 0 Å². The van der Waals surface area contributed by atoms with Crippen molar-refractivity contribution in [2.45, 2.75) is 13.3 Å². The molecule has 0 fully saturated rings. The molecule has 1 aromatic carbocycles. The van der Waals surface area contributed by atoms with Crippen LogP contribution < -0.4 is 0 Å². The fourth-order valence-electron chi connectivity index (χ4n) is 2.23. The first-order chi connectivity index (χ1) is 9.29. The molecule has 3 nitrogen and oxygen atoms in total. The van der Waals surface area contributed by atoms with Gasteiger partial charge in [0.2, 0.25) is 0 Å². The molecule has 1 N–H and O–H groups in total. The van der Waals surface area contributed by atoms with Gasteiger partial charge in [0.1, 0.15) is 4.64 Å². The van der Waals surface area contributed by atoms with Gasteiger partial charge in [-0.1, -0.05) is 37.3 Å². The van der Waals surface area contributed by atoms with Crippen molar-refractivity contribution >= 4 is 23.1 Å². The maximum atomic E-state index is 5.29. The Morgan fingerprint density at radius 1 is 1.21 bits per heavy atom. The predicted molar refractivity (Wildman–Crippen MR) is 79.5 cm³/mol. The standard InChI is InChI=1S/C15H13N3S/c1-2-12-14(17-9-18-15(12)19)11-6-5-10-4-3-7-16-13(10)8-11/h3-9H,2H2,1H3,(H,17,18,19). The normalized spacial score (nSPS) is 10.8. The third-order valence-corrected chi connectivity index (χ3v) is 3.55. The van der Waals surface area contributed by atoms with Crippen LogP contribution in [-0.4, -0.2) is 15.0 Å². The van der Waals surface area contributed by atoms with Gasteiger partial charge in [0.15, 0.2) is 0 Å². The van der Waals surface area contributed by atoms with E-state index in [0.29, 0.717) is 4.64 Å². The summed E-state index contributed by atoms with van der Waals surface area (Å²) < 4.78 is 0.664. The number of rotatable bonds is 2. The Labute approximate surface area is 116 Å². The Hall–Kier alpha value is -2.07. The summed E-state index contributed by atoms with van der Waals surface area (Å²) in [5.74, 6) is 0. The number of benzene rings is 1. The smallest absolute Gasteiger partial charge is 0.133 e. The zero-order chi connectivity index (χ0) is 13.2. The number of nitrogens with one attached hydrogen (secondary N) is 1. The molecular formula is C15H13N3S. The molecule has 3 rings (SSSR count). The molecule has 2 heterocycles. The maximum Gasteiger partial charge on any atom is 0.133 e. The molecule has 4 heteroatoms. The lowest BCUT2D eigenvalue weighted by Crippen LogP contribution is -1.95. The van der Waals surface area contributed by atoms with Gasteiger partial charge < -0.3 is 4.98 Å². The van der Waals surface area contributed by atoms with E-state index < -0.39 is 0 Å². The van der Waals surface area contributed by atoms with E-state index in [1.165, 1.54) is 0 Å². The monoisotopic (exact) mass is 267 g/mol. The van der Waals surface area contributed by atoms with E-state index in [0.717, 1.165) is 34.1 Å². The van der Waals surface area contributed by atoms with Gasteiger partial charge in [-0.15, -0.1) is 0 Å². The minimum absolute atomic E-state index is 0.664. The van der Waals surface area contributed by atoms with Crippen molar-refractivity contribution in [3.63, 3.8) is 0 Å². The molecule has 0 radical (unpaired) electrons. The zero-order valence-corrected chi connectivity index (χ0v) is 11.4. The Morgan fingerprint density at radius 3 is 2.95 bits per heavy atom. The minimum Gasteiger partial charge on any atom is -0.346 e. The minimum atomic E-state index is 0.664. The Balaban J connectivity index is 2.25. The summed E-state index contributed by atoms with van der Waals surface area (Å²) in [5, 5.41) is 1.14. The van der Waals surface area contributed by atoms with Crippen LogP contribution in [0.2, 0.25) is 0 Å². The van der Waals surface area contributed by atoms with Gasteiger partial charge in [-0.3, -0.25) is 4.98 Å². The SMILES string of the molecule is CCc1c(-c2ccc3cccnc3c2)[nH]cnc1=S. The van der Waals surface area contributed by atoms with E-state index in [1.807, 2.05) is 12.3 Å². The summed E-state index contributed by atoms with van der Waals surface area (Å²) >= 11 is 5.29. The summed E-state index contributed by atoms with van der Waals surface area (Å²) in [6.07, 6.45) is 4.32.